The molecule has 2 aromatic carbocycles. The van der Waals surface area contributed by atoms with Gasteiger partial charge in [0.2, 0.25) is 0 Å². The molecule has 0 atom stereocenters. The van der Waals surface area contributed by atoms with Crippen LogP contribution in [0.5, 0.6) is 5.75 Å². The molecule has 2 N–H and O–H groups in total. The van der Waals surface area contributed by atoms with E-state index in [1.807, 2.05) is 0 Å². The number of amides is 1. The minimum absolute atomic E-state index is 0.0980. The van der Waals surface area contributed by atoms with Gasteiger partial charge >= 0.3 is 0 Å². The number of rotatable bonds is 5. The molecular weight excluding hydrogens is 359 g/mol. The Bertz CT molecular complexity index is 952. The third-order valence-electron chi connectivity index (χ3n) is 3.45. The number of nitrogens with zero attached hydrogens (tertiary/aromatic N) is 2. The monoisotopic (exact) mass is 372 g/mol. The molecule has 0 radical (unpaired) electrons. The number of nitrogens with one attached hydrogen (secondary N) is 2. The van der Waals surface area contributed by atoms with Crippen LogP contribution in [0.25, 0.3) is 0 Å². The molecule has 132 valence electrons. The fourth-order valence-electron chi connectivity index (χ4n) is 2.21. The maximum absolute atomic E-state index is 13.7. The van der Waals surface area contributed by atoms with Gasteiger partial charge in [0.05, 0.1) is 18.5 Å². The van der Waals surface area contributed by atoms with E-state index in [0.29, 0.717) is 16.5 Å². The number of hydrogen-bond acceptors (Lipinski definition) is 5. The summed E-state index contributed by atoms with van der Waals surface area (Å²) in [5.41, 5.74) is 0.752. The molecule has 0 unspecified atom stereocenters. The highest BCUT2D eigenvalue weighted by Gasteiger charge is 2.13. The van der Waals surface area contributed by atoms with Crippen LogP contribution in [0.4, 0.5) is 21.6 Å². The van der Waals surface area contributed by atoms with Crippen LogP contribution in [0.15, 0.2) is 54.9 Å². The van der Waals surface area contributed by atoms with Crippen LogP contribution in [-0.2, 0) is 0 Å². The molecule has 0 spiro atoms. The van der Waals surface area contributed by atoms with Gasteiger partial charge in [0.15, 0.2) is 0 Å². The molecule has 0 saturated heterocycles. The van der Waals surface area contributed by atoms with Crippen molar-refractivity contribution < 1.29 is 13.9 Å². The molecular formula is C18H14ClFN4O2. The average molecular weight is 373 g/mol. The first-order chi connectivity index (χ1) is 12.6. The molecule has 1 heterocycles. The maximum atomic E-state index is 13.7. The van der Waals surface area contributed by atoms with E-state index in [4.69, 9.17) is 16.3 Å². The molecule has 0 aliphatic heterocycles. The fourth-order valence-corrected chi connectivity index (χ4v) is 2.39. The minimum Gasteiger partial charge on any atom is -0.495 e. The lowest BCUT2D eigenvalue weighted by molar-refractivity contribution is 0.102. The normalized spacial score (nSPS) is 10.3. The number of benzene rings is 2. The molecule has 1 aromatic heterocycles. The van der Waals surface area contributed by atoms with Crippen LogP contribution in [-0.4, -0.2) is 23.0 Å². The Kier molecular flexibility index (Phi) is 5.28. The standard InChI is InChI=1S/C18H14ClFN4O2/c1-26-16-7-6-11(19)8-14(16)24-18(25)15-9-17(22-10-21-15)23-13-5-3-2-4-12(13)20/h2-10H,1H3,(H,24,25)(H,21,22,23). The highest BCUT2D eigenvalue weighted by atomic mass is 35.5. The number of carbonyl (C=O) groups is 1. The molecule has 6 nitrogen and oxygen atoms in total. The second kappa shape index (κ2) is 7.79. The first kappa shape index (κ1) is 17.6. The fraction of sp³-hybridized carbons (Fsp3) is 0.0556. The van der Waals surface area contributed by atoms with Crippen molar-refractivity contribution in [1.29, 1.82) is 0 Å². The second-order valence-corrected chi connectivity index (χ2v) is 5.63. The molecule has 0 aliphatic carbocycles. The molecule has 26 heavy (non-hydrogen) atoms. The zero-order valence-corrected chi connectivity index (χ0v) is 14.4. The Labute approximate surface area is 154 Å². The van der Waals surface area contributed by atoms with Crippen molar-refractivity contribution in [3.63, 3.8) is 0 Å². The van der Waals surface area contributed by atoms with Crippen LogP contribution < -0.4 is 15.4 Å². The zero-order chi connectivity index (χ0) is 18.5. The van der Waals surface area contributed by atoms with E-state index >= 15 is 0 Å². The van der Waals surface area contributed by atoms with E-state index in [0.717, 1.165) is 0 Å². The lowest BCUT2D eigenvalue weighted by atomic mass is 10.2. The van der Waals surface area contributed by atoms with E-state index in [2.05, 4.69) is 20.6 Å². The SMILES string of the molecule is COc1ccc(Cl)cc1NC(=O)c1cc(Nc2ccccc2F)ncn1. The van der Waals surface area contributed by atoms with Crippen LogP contribution in [0.2, 0.25) is 5.02 Å². The Morgan fingerprint density at radius 2 is 1.92 bits per heavy atom. The summed E-state index contributed by atoms with van der Waals surface area (Å²) in [5.74, 6) is -0.167. The lowest BCUT2D eigenvalue weighted by Crippen LogP contribution is -2.15. The Morgan fingerprint density at radius 3 is 2.69 bits per heavy atom. The predicted molar refractivity (Wildman–Crippen MR) is 97.7 cm³/mol. The summed E-state index contributed by atoms with van der Waals surface area (Å²) < 4.78 is 18.9. The molecule has 1 amide bonds. The van der Waals surface area contributed by atoms with Crippen LogP contribution >= 0.6 is 11.6 Å². The van der Waals surface area contributed by atoms with Crippen LogP contribution in [0, 0.1) is 5.82 Å². The van der Waals surface area contributed by atoms with Crippen molar-refractivity contribution in [2.24, 2.45) is 0 Å². The topological polar surface area (TPSA) is 76.1 Å². The maximum Gasteiger partial charge on any atom is 0.274 e. The van der Waals surface area contributed by atoms with Crippen molar-refractivity contribution in [2.75, 3.05) is 17.7 Å². The number of aromatic nitrogens is 2. The van der Waals surface area contributed by atoms with Gasteiger partial charge in [-0.3, -0.25) is 4.79 Å². The molecule has 0 bridgehead atoms. The van der Waals surface area contributed by atoms with Gasteiger partial charge in [0.1, 0.15) is 29.4 Å². The van der Waals surface area contributed by atoms with Gasteiger partial charge in [-0.15, -0.1) is 0 Å². The van der Waals surface area contributed by atoms with Gasteiger partial charge < -0.3 is 15.4 Å². The smallest absolute Gasteiger partial charge is 0.274 e. The van der Waals surface area contributed by atoms with Crippen molar-refractivity contribution in [3.8, 4) is 5.75 Å². The van der Waals surface area contributed by atoms with Gasteiger partial charge in [-0.05, 0) is 30.3 Å². The number of hydrogen-bond donors (Lipinski definition) is 2. The average Bonchev–Trinajstić information content (AvgIpc) is 2.64. The number of methoxy groups -OCH3 is 1. The summed E-state index contributed by atoms with van der Waals surface area (Å²) in [6.45, 7) is 0. The van der Waals surface area contributed by atoms with Crippen LogP contribution in [0.3, 0.4) is 0 Å². The van der Waals surface area contributed by atoms with Gasteiger partial charge in [0, 0.05) is 11.1 Å². The Morgan fingerprint density at radius 1 is 1.12 bits per heavy atom. The number of carbonyl (C=O) groups excluding carboxylic acids is 1. The number of ether oxygens (including phenoxy) is 1. The first-order valence-corrected chi connectivity index (χ1v) is 7.93. The summed E-state index contributed by atoms with van der Waals surface area (Å²) in [4.78, 5) is 20.4. The van der Waals surface area contributed by atoms with Crippen LogP contribution in [0.1, 0.15) is 10.5 Å². The van der Waals surface area contributed by atoms with Gasteiger partial charge in [-0.1, -0.05) is 23.7 Å². The Hall–Kier alpha value is -3.19. The number of para-hydroxylation sites is 1. The molecule has 3 rings (SSSR count). The minimum atomic E-state index is -0.482. The molecule has 0 saturated carbocycles. The van der Waals surface area contributed by atoms with Crippen molar-refractivity contribution in [3.05, 3.63) is 71.4 Å². The van der Waals surface area contributed by atoms with E-state index < -0.39 is 11.7 Å². The van der Waals surface area contributed by atoms with Crippen molar-refractivity contribution in [1.82, 2.24) is 9.97 Å². The molecule has 0 fully saturated rings. The third-order valence-corrected chi connectivity index (χ3v) is 3.68. The summed E-state index contributed by atoms with van der Waals surface area (Å²) in [5, 5.41) is 5.94. The summed E-state index contributed by atoms with van der Waals surface area (Å²) >= 11 is 5.96. The van der Waals surface area contributed by atoms with Crippen molar-refractivity contribution in [2.45, 2.75) is 0 Å². The van der Waals surface area contributed by atoms with E-state index in [1.165, 1.54) is 25.6 Å². The van der Waals surface area contributed by atoms with E-state index in [-0.39, 0.29) is 17.2 Å². The largest absolute Gasteiger partial charge is 0.495 e. The molecule has 8 heteroatoms. The Balaban J connectivity index is 1.81. The summed E-state index contributed by atoms with van der Waals surface area (Å²) in [6.07, 6.45) is 1.22. The van der Waals surface area contributed by atoms with E-state index in [9.17, 15) is 9.18 Å². The van der Waals surface area contributed by atoms with E-state index in [1.54, 1.807) is 36.4 Å². The highest BCUT2D eigenvalue weighted by molar-refractivity contribution is 6.31. The quantitative estimate of drug-likeness (QED) is 0.699. The first-order valence-electron chi connectivity index (χ1n) is 7.55. The van der Waals surface area contributed by atoms with Gasteiger partial charge in [-0.25, -0.2) is 14.4 Å². The third kappa shape index (κ3) is 4.07. The number of halogens is 2. The van der Waals surface area contributed by atoms with Crippen molar-refractivity contribution >= 4 is 34.7 Å². The number of anilines is 3. The zero-order valence-electron chi connectivity index (χ0n) is 13.7. The predicted octanol–water partition coefficient (Wildman–Crippen LogP) is 4.27. The molecule has 0 aliphatic rings. The second-order valence-electron chi connectivity index (χ2n) is 5.19. The molecule has 3 aromatic rings. The van der Waals surface area contributed by atoms with Gasteiger partial charge in [-0.2, -0.15) is 0 Å². The summed E-state index contributed by atoms with van der Waals surface area (Å²) in [7, 11) is 1.49. The lowest BCUT2D eigenvalue weighted by Gasteiger charge is -2.11. The highest BCUT2D eigenvalue weighted by Crippen LogP contribution is 2.28. The summed E-state index contributed by atoms with van der Waals surface area (Å²) in [6, 6.07) is 12.4. The van der Waals surface area contributed by atoms with Gasteiger partial charge in [0.25, 0.3) is 5.91 Å².